The standard InChI is InChI=1S/C25H19F3N4O/c1-16-29-22(17-7-3-2-4-8-17)15-23(30-16)31-20-11-5-9-18(13-20)24(33)32-21-12-6-10-19(14-21)25(26,27)28/h2-15H,1H3,(H,32,33)(H,29,30,31). The number of amides is 1. The van der Waals surface area contributed by atoms with Gasteiger partial charge in [-0.1, -0.05) is 42.5 Å². The van der Waals surface area contributed by atoms with E-state index in [4.69, 9.17) is 0 Å². The van der Waals surface area contributed by atoms with Crippen molar-refractivity contribution in [1.29, 1.82) is 0 Å². The molecule has 0 unspecified atom stereocenters. The Morgan fingerprint density at radius 1 is 0.818 bits per heavy atom. The van der Waals surface area contributed by atoms with Crippen LogP contribution in [0, 0.1) is 6.92 Å². The van der Waals surface area contributed by atoms with E-state index in [-0.39, 0.29) is 11.3 Å². The fraction of sp³-hybridized carbons (Fsp3) is 0.0800. The minimum Gasteiger partial charge on any atom is -0.340 e. The van der Waals surface area contributed by atoms with Crippen LogP contribution >= 0.6 is 0 Å². The first-order valence-corrected chi connectivity index (χ1v) is 10.0. The number of nitrogens with zero attached hydrogens (tertiary/aromatic N) is 2. The Morgan fingerprint density at radius 3 is 2.30 bits per heavy atom. The van der Waals surface area contributed by atoms with Crippen LogP contribution in [0.5, 0.6) is 0 Å². The fourth-order valence-electron chi connectivity index (χ4n) is 3.25. The van der Waals surface area contributed by atoms with E-state index in [0.717, 1.165) is 23.4 Å². The number of nitrogens with one attached hydrogen (secondary N) is 2. The normalized spacial score (nSPS) is 11.2. The van der Waals surface area contributed by atoms with Crippen molar-refractivity contribution in [2.75, 3.05) is 10.6 Å². The van der Waals surface area contributed by atoms with Crippen molar-refractivity contribution in [3.05, 3.63) is 102 Å². The third kappa shape index (κ3) is 5.54. The Bertz CT molecular complexity index is 1290. The van der Waals surface area contributed by atoms with Gasteiger partial charge in [-0.3, -0.25) is 4.79 Å². The van der Waals surface area contributed by atoms with E-state index < -0.39 is 17.6 Å². The van der Waals surface area contributed by atoms with E-state index in [1.165, 1.54) is 12.1 Å². The number of carbonyl (C=O) groups is 1. The highest BCUT2D eigenvalue weighted by atomic mass is 19.4. The van der Waals surface area contributed by atoms with Crippen molar-refractivity contribution in [3.63, 3.8) is 0 Å². The zero-order valence-corrected chi connectivity index (χ0v) is 17.5. The second-order valence-electron chi connectivity index (χ2n) is 7.29. The molecule has 4 aromatic rings. The van der Waals surface area contributed by atoms with E-state index in [1.54, 1.807) is 37.3 Å². The van der Waals surface area contributed by atoms with Gasteiger partial charge in [0, 0.05) is 28.6 Å². The smallest absolute Gasteiger partial charge is 0.340 e. The lowest BCUT2D eigenvalue weighted by atomic mass is 10.1. The molecule has 0 aliphatic carbocycles. The summed E-state index contributed by atoms with van der Waals surface area (Å²) < 4.78 is 38.8. The van der Waals surface area contributed by atoms with Gasteiger partial charge in [-0.15, -0.1) is 0 Å². The maximum absolute atomic E-state index is 12.9. The first kappa shape index (κ1) is 22.0. The number of benzene rings is 3. The Kier molecular flexibility index (Phi) is 6.08. The van der Waals surface area contributed by atoms with Gasteiger partial charge in [-0.2, -0.15) is 13.2 Å². The molecule has 33 heavy (non-hydrogen) atoms. The number of anilines is 3. The van der Waals surface area contributed by atoms with Gasteiger partial charge in [0.15, 0.2) is 0 Å². The summed E-state index contributed by atoms with van der Waals surface area (Å²) in [5.74, 6) is 0.607. The highest BCUT2D eigenvalue weighted by Gasteiger charge is 2.30. The molecule has 166 valence electrons. The van der Waals surface area contributed by atoms with Gasteiger partial charge in [0.05, 0.1) is 11.3 Å². The Balaban J connectivity index is 1.53. The molecule has 2 N–H and O–H groups in total. The number of aromatic nitrogens is 2. The third-order valence-electron chi connectivity index (χ3n) is 4.75. The fourth-order valence-corrected chi connectivity index (χ4v) is 3.25. The zero-order chi connectivity index (χ0) is 23.4. The monoisotopic (exact) mass is 448 g/mol. The summed E-state index contributed by atoms with van der Waals surface area (Å²) in [5, 5.41) is 5.67. The van der Waals surface area contributed by atoms with Gasteiger partial charge in [0.25, 0.3) is 5.91 Å². The molecule has 0 spiro atoms. The van der Waals surface area contributed by atoms with Gasteiger partial charge >= 0.3 is 6.18 Å². The van der Waals surface area contributed by atoms with Crippen LogP contribution in [0.3, 0.4) is 0 Å². The van der Waals surface area contributed by atoms with Gasteiger partial charge in [0.2, 0.25) is 0 Å². The summed E-state index contributed by atoms with van der Waals surface area (Å²) in [5.41, 5.74) is 1.82. The Morgan fingerprint density at radius 2 is 1.55 bits per heavy atom. The quantitative estimate of drug-likeness (QED) is 0.367. The first-order valence-electron chi connectivity index (χ1n) is 10.0. The van der Waals surface area contributed by atoms with E-state index in [1.807, 2.05) is 30.3 Å². The van der Waals surface area contributed by atoms with Crippen LogP contribution in [0.1, 0.15) is 21.7 Å². The first-order chi connectivity index (χ1) is 15.8. The SMILES string of the molecule is Cc1nc(Nc2cccc(C(=O)Nc3cccc(C(F)(F)F)c3)c2)cc(-c2ccccc2)n1. The molecule has 0 atom stereocenters. The van der Waals surface area contributed by atoms with Crippen LogP contribution in [-0.2, 0) is 6.18 Å². The van der Waals surface area contributed by atoms with Crippen LogP contribution in [0.2, 0.25) is 0 Å². The second-order valence-corrected chi connectivity index (χ2v) is 7.29. The lowest BCUT2D eigenvalue weighted by molar-refractivity contribution is -0.137. The average Bonchev–Trinajstić information content (AvgIpc) is 2.79. The van der Waals surface area contributed by atoms with Crippen molar-refractivity contribution >= 4 is 23.1 Å². The number of aryl methyl sites for hydroxylation is 1. The van der Waals surface area contributed by atoms with E-state index in [0.29, 0.717) is 17.3 Å². The van der Waals surface area contributed by atoms with E-state index >= 15 is 0 Å². The molecule has 1 aromatic heterocycles. The average molecular weight is 448 g/mol. The molecular formula is C25H19F3N4O. The predicted octanol–water partition coefficient (Wildman–Crippen LogP) is 6.47. The summed E-state index contributed by atoms with van der Waals surface area (Å²) in [6.07, 6.45) is -4.49. The van der Waals surface area contributed by atoms with Crippen molar-refractivity contribution in [2.45, 2.75) is 13.1 Å². The molecule has 0 fully saturated rings. The topological polar surface area (TPSA) is 66.9 Å². The molecule has 5 nitrogen and oxygen atoms in total. The van der Waals surface area contributed by atoms with Crippen LogP contribution < -0.4 is 10.6 Å². The molecule has 8 heteroatoms. The minimum atomic E-state index is -4.49. The number of carbonyl (C=O) groups excluding carboxylic acids is 1. The number of rotatable bonds is 5. The Hall–Kier alpha value is -4.20. The maximum Gasteiger partial charge on any atom is 0.416 e. The molecule has 0 bridgehead atoms. The van der Waals surface area contributed by atoms with Crippen molar-refractivity contribution in [1.82, 2.24) is 9.97 Å². The molecule has 0 saturated heterocycles. The largest absolute Gasteiger partial charge is 0.416 e. The number of halogens is 3. The zero-order valence-electron chi connectivity index (χ0n) is 17.5. The van der Waals surface area contributed by atoms with Gasteiger partial charge in [-0.25, -0.2) is 9.97 Å². The summed E-state index contributed by atoms with van der Waals surface area (Å²) >= 11 is 0. The van der Waals surface area contributed by atoms with Crippen LogP contribution in [0.15, 0.2) is 84.9 Å². The highest BCUT2D eigenvalue weighted by Crippen LogP contribution is 2.31. The number of hydrogen-bond donors (Lipinski definition) is 2. The van der Waals surface area contributed by atoms with Crippen LogP contribution in [-0.4, -0.2) is 15.9 Å². The summed E-state index contributed by atoms with van der Waals surface area (Å²) in [6, 6.07) is 22.6. The number of hydrogen-bond acceptors (Lipinski definition) is 4. The summed E-state index contributed by atoms with van der Waals surface area (Å²) in [7, 11) is 0. The molecule has 1 heterocycles. The molecule has 0 radical (unpaired) electrons. The van der Waals surface area contributed by atoms with Gasteiger partial charge < -0.3 is 10.6 Å². The molecule has 1 amide bonds. The van der Waals surface area contributed by atoms with Gasteiger partial charge in [0.1, 0.15) is 11.6 Å². The van der Waals surface area contributed by atoms with Crippen molar-refractivity contribution in [2.24, 2.45) is 0 Å². The highest BCUT2D eigenvalue weighted by molar-refractivity contribution is 6.04. The van der Waals surface area contributed by atoms with Crippen LogP contribution in [0.25, 0.3) is 11.3 Å². The van der Waals surface area contributed by atoms with E-state index in [9.17, 15) is 18.0 Å². The lowest BCUT2D eigenvalue weighted by Crippen LogP contribution is -2.13. The van der Waals surface area contributed by atoms with Crippen molar-refractivity contribution in [3.8, 4) is 11.3 Å². The van der Waals surface area contributed by atoms with Gasteiger partial charge in [-0.05, 0) is 43.3 Å². The molecule has 0 saturated carbocycles. The minimum absolute atomic E-state index is 0.0621. The second kappa shape index (κ2) is 9.12. The lowest BCUT2D eigenvalue weighted by Gasteiger charge is -2.12. The third-order valence-corrected chi connectivity index (χ3v) is 4.75. The Labute approximate surface area is 188 Å². The number of alkyl halides is 3. The summed E-state index contributed by atoms with van der Waals surface area (Å²) in [6.45, 7) is 1.79. The van der Waals surface area contributed by atoms with E-state index in [2.05, 4.69) is 20.6 Å². The predicted molar refractivity (Wildman–Crippen MR) is 121 cm³/mol. The van der Waals surface area contributed by atoms with Crippen molar-refractivity contribution < 1.29 is 18.0 Å². The molecule has 4 rings (SSSR count). The molecule has 3 aromatic carbocycles. The summed E-state index contributed by atoms with van der Waals surface area (Å²) in [4.78, 5) is 21.5. The maximum atomic E-state index is 12.9. The molecule has 0 aliphatic rings. The molecular weight excluding hydrogens is 429 g/mol. The van der Waals surface area contributed by atoms with Crippen LogP contribution in [0.4, 0.5) is 30.4 Å². The molecule has 0 aliphatic heterocycles.